The molecule has 20 heavy (non-hydrogen) atoms. The molecule has 0 saturated carbocycles. The summed E-state index contributed by atoms with van der Waals surface area (Å²) < 4.78 is 5.69. The van der Waals surface area contributed by atoms with Gasteiger partial charge in [-0.05, 0) is 45.9 Å². The van der Waals surface area contributed by atoms with E-state index in [1.165, 1.54) is 38.9 Å². The summed E-state index contributed by atoms with van der Waals surface area (Å²) in [5, 5.41) is 3.53. The van der Waals surface area contributed by atoms with Crippen LogP contribution in [0.5, 0.6) is 0 Å². The van der Waals surface area contributed by atoms with E-state index >= 15 is 0 Å². The third-order valence-electron chi connectivity index (χ3n) is 4.97. The molecule has 0 aromatic rings. The van der Waals surface area contributed by atoms with Gasteiger partial charge in [0.05, 0.1) is 6.61 Å². The molecule has 2 saturated heterocycles. The standard InChI is InChI=1S/C16H33N3O/c1-4-17-12-16(8-10-20-14-16)13-18(3)11-15-7-6-9-19(15)5-2/h15,17H,4-14H2,1-3H3. The third kappa shape index (κ3) is 4.17. The van der Waals surface area contributed by atoms with Crippen LogP contribution in [0.3, 0.4) is 0 Å². The number of hydrogen-bond donors (Lipinski definition) is 1. The van der Waals surface area contributed by atoms with Gasteiger partial charge >= 0.3 is 0 Å². The highest BCUT2D eigenvalue weighted by molar-refractivity contribution is 4.89. The number of rotatable bonds is 8. The summed E-state index contributed by atoms with van der Waals surface area (Å²) >= 11 is 0. The van der Waals surface area contributed by atoms with Gasteiger partial charge in [-0.25, -0.2) is 0 Å². The zero-order valence-corrected chi connectivity index (χ0v) is 13.7. The Bertz CT molecular complexity index is 279. The first-order valence-corrected chi connectivity index (χ1v) is 8.40. The molecule has 2 atom stereocenters. The number of likely N-dealkylation sites (N-methyl/N-ethyl adjacent to an activating group) is 2. The van der Waals surface area contributed by atoms with Crippen molar-refractivity contribution in [3.8, 4) is 0 Å². The van der Waals surface area contributed by atoms with Crippen molar-refractivity contribution in [3.63, 3.8) is 0 Å². The van der Waals surface area contributed by atoms with Crippen LogP contribution >= 0.6 is 0 Å². The van der Waals surface area contributed by atoms with Gasteiger partial charge in [-0.2, -0.15) is 0 Å². The first-order valence-electron chi connectivity index (χ1n) is 8.40. The van der Waals surface area contributed by atoms with Crippen LogP contribution in [0.2, 0.25) is 0 Å². The van der Waals surface area contributed by atoms with E-state index in [1.807, 2.05) is 0 Å². The Morgan fingerprint density at radius 1 is 1.40 bits per heavy atom. The summed E-state index contributed by atoms with van der Waals surface area (Å²) in [5.74, 6) is 0. The lowest BCUT2D eigenvalue weighted by molar-refractivity contribution is 0.106. The summed E-state index contributed by atoms with van der Waals surface area (Å²) in [5.41, 5.74) is 0.334. The van der Waals surface area contributed by atoms with Gasteiger partial charge in [0.15, 0.2) is 0 Å². The highest BCUT2D eigenvalue weighted by atomic mass is 16.5. The van der Waals surface area contributed by atoms with Crippen LogP contribution in [0.25, 0.3) is 0 Å². The molecule has 2 unspecified atom stereocenters. The van der Waals surface area contributed by atoms with Gasteiger partial charge in [-0.3, -0.25) is 4.90 Å². The maximum Gasteiger partial charge on any atom is 0.0547 e. The van der Waals surface area contributed by atoms with Crippen molar-refractivity contribution in [2.75, 3.05) is 59.5 Å². The number of nitrogens with zero attached hydrogens (tertiary/aromatic N) is 2. The number of ether oxygens (including phenoxy) is 1. The highest BCUT2D eigenvalue weighted by Gasteiger charge is 2.36. The minimum absolute atomic E-state index is 0.334. The van der Waals surface area contributed by atoms with Crippen molar-refractivity contribution in [2.45, 2.75) is 39.2 Å². The summed E-state index contributed by atoms with van der Waals surface area (Å²) in [4.78, 5) is 5.18. The molecule has 2 rings (SSSR count). The van der Waals surface area contributed by atoms with Crippen LogP contribution in [0.1, 0.15) is 33.1 Å². The molecular weight excluding hydrogens is 250 g/mol. The van der Waals surface area contributed by atoms with Gasteiger partial charge in [-0.1, -0.05) is 13.8 Å². The van der Waals surface area contributed by atoms with Crippen LogP contribution in [0.4, 0.5) is 0 Å². The molecule has 4 nitrogen and oxygen atoms in total. The van der Waals surface area contributed by atoms with E-state index in [-0.39, 0.29) is 0 Å². The topological polar surface area (TPSA) is 27.7 Å². The molecule has 0 spiro atoms. The Morgan fingerprint density at radius 3 is 2.90 bits per heavy atom. The first kappa shape index (κ1) is 16.2. The second-order valence-electron chi connectivity index (χ2n) is 6.70. The Kier molecular flexibility index (Phi) is 6.27. The van der Waals surface area contributed by atoms with Gasteiger partial charge in [0.25, 0.3) is 0 Å². The fourth-order valence-corrected chi connectivity index (χ4v) is 3.87. The molecule has 2 heterocycles. The molecule has 0 aromatic heterocycles. The second-order valence-corrected chi connectivity index (χ2v) is 6.70. The quantitative estimate of drug-likeness (QED) is 0.729. The van der Waals surface area contributed by atoms with Gasteiger partial charge in [0.2, 0.25) is 0 Å². The molecule has 0 radical (unpaired) electrons. The minimum Gasteiger partial charge on any atom is -0.381 e. The van der Waals surface area contributed by atoms with Crippen molar-refractivity contribution < 1.29 is 4.74 Å². The molecule has 0 aromatic carbocycles. The summed E-state index contributed by atoms with van der Waals surface area (Å²) in [6, 6.07) is 0.767. The van der Waals surface area contributed by atoms with Crippen LogP contribution in [0, 0.1) is 5.41 Å². The minimum atomic E-state index is 0.334. The summed E-state index contributed by atoms with van der Waals surface area (Å²) in [6.07, 6.45) is 3.94. The summed E-state index contributed by atoms with van der Waals surface area (Å²) in [6.45, 7) is 13.3. The molecule has 0 amide bonds. The smallest absolute Gasteiger partial charge is 0.0547 e. The van der Waals surface area contributed by atoms with Gasteiger partial charge in [0.1, 0.15) is 0 Å². The van der Waals surface area contributed by atoms with E-state index < -0.39 is 0 Å². The Labute approximate surface area is 124 Å². The highest BCUT2D eigenvalue weighted by Crippen LogP contribution is 2.29. The van der Waals surface area contributed by atoms with Gasteiger partial charge < -0.3 is 15.0 Å². The fraction of sp³-hybridized carbons (Fsp3) is 1.00. The van der Waals surface area contributed by atoms with E-state index in [0.29, 0.717) is 5.41 Å². The monoisotopic (exact) mass is 283 g/mol. The SMILES string of the molecule is CCNCC1(CN(C)CC2CCCN2CC)CCOC1. The average molecular weight is 283 g/mol. The molecule has 4 heteroatoms. The van der Waals surface area contributed by atoms with E-state index in [2.05, 4.69) is 36.0 Å². The van der Waals surface area contributed by atoms with Crippen LogP contribution in [-0.2, 0) is 4.74 Å². The van der Waals surface area contributed by atoms with E-state index in [0.717, 1.165) is 38.9 Å². The van der Waals surface area contributed by atoms with Crippen LogP contribution in [0.15, 0.2) is 0 Å². The van der Waals surface area contributed by atoms with Crippen molar-refractivity contribution in [2.24, 2.45) is 5.41 Å². The lowest BCUT2D eigenvalue weighted by Gasteiger charge is -2.35. The van der Waals surface area contributed by atoms with Crippen molar-refractivity contribution in [3.05, 3.63) is 0 Å². The Hall–Kier alpha value is -0.160. The van der Waals surface area contributed by atoms with Gasteiger partial charge in [-0.15, -0.1) is 0 Å². The normalized spacial score (nSPS) is 31.5. The predicted octanol–water partition coefficient (Wildman–Crippen LogP) is 1.42. The maximum atomic E-state index is 5.69. The van der Waals surface area contributed by atoms with Crippen molar-refractivity contribution >= 4 is 0 Å². The zero-order valence-electron chi connectivity index (χ0n) is 13.7. The second kappa shape index (κ2) is 7.74. The van der Waals surface area contributed by atoms with Crippen LogP contribution < -0.4 is 5.32 Å². The molecule has 2 aliphatic rings. The molecule has 0 bridgehead atoms. The van der Waals surface area contributed by atoms with Gasteiger partial charge in [0, 0.05) is 37.7 Å². The Balaban J connectivity index is 1.83. The van der Waals surface area contributed by atoms with E-state index in [1.54, 1.807) is 0 Å². The fourth-order valence-electron chi connectivity index (χ4n) is 3.87. The molecule has 0 aliphatic carbocycles. The van der Waals surface area contributed by atoms with Crippen molar-refractivity contribution in [1.29, 1.82) is 0 Å². The Morgan fingerprint density at radius 2 is 2.25 bits per heavy atom. The summed E-state index contributed by atoms with van der Waals surface area (Å²) in [7, 11) is 2.29. The third-order valence-corrected chi connectivity index (χ3v) is 4.97. The molecule has 2 fully saturated rings. The number of nitrogens with one attached hydrogen (secondary N) is 1. The van der Waals surface area contributed by atoms with Crippen LogP contribution in [-0.4, -0.2) is 75.4 Å². The zero-order chi connectivity index (χ0) is 14.4. The lowest BCUT2D eigenvalue weighted by Crippen LogP contribution is -2.47. The predicted molar refractivity (Wildman–Crippen MR) is 84.2 cm³/mol. The average Bonchev–Trinajstić information content (AvgIpc) is 3.06. The largest absolute Gasteiger partial charge is 0.381 e. The molecule has 2 aliphatic heterocycles. The van der Waals surface area contributed by atoms with E-state index in [4.69, 9.17) is 4.74 Å². The number of likely N-dealkylation sites (tertiary alicyclic amines) is 1. The van der Waals surface area contributed by atoms with E-state index in [9.17, 15) is 0 Å². The molecule has 118 valence electrons. The number of hydrogen-bond acceptors (Lipinski definition) is 4. The lowest BCUT2D eigenvalue weighted by atomic mass is 9.86. The molecular formula is C16H33N3O. The molecule has 1 N–H and O–H groups in total. The first-order chi connectivity index (χ1) is 9.69. The van der Waals surface area contributed by atoms with Crippen molar-refractivity contribution in [1.82, 2.24) is 15.1 Å². The maximum absolute atomic E-state index is 5.69.